The maximum Gasteiger partial charge on any atom is 0.234 e. The molecule has 0 atom stereocenters. The highest BCUT2D eigenvalue weighted by molar-refractivity contribution is 7.99. The van der Waals surface area contributed by atoms with Gasteiger partial charge in [0.2, 0.25) is 5.91 Å². The van der Waals surface area contributed by atoms with Crippen LogP contribution in [0.15, 0.2) is 59.8 Å². The van der Waals surface area contributed by atoms with Gasteiger partial charge in [-0.05, 0) is 24.6 Å². The van der Waals surface area contributed by atoms with Crippen LogP contribution in [0.3, 0.4) is 0 Å². The van der Waals surface area contributed by atoms with Crippen LogP contribution in [0.2, 0.25) is 0 Å². The number of nitrogens with one attached hydrogen (secondary N) is 1. The Bertz CT molecular complexity index is 865. The second-order valence-corrected chi connectivity index (χ2v) is 6.43. The lowest BCUT2D eigenvalue weighted by Gasteiger charge is -2.09. The number of carbonyl (C=O) groups is 1. The van der Waals surface area contributed by atoms with Gasteiger partial charge in [0, 0.05) is 11.8 Å². The van der Waals surface area contributed by atoms with Crippen LogP contribution in [0.1, 0.15) is 11.4 Å². The van der Waals surface area contributed by atoms with Crippen LogP contribution in [0, 0.1) is 6.92 Å². The van der Waals surface area contributed by atoms with Crippen LogP contribution in [0.25, 0.3) is 0 Å². The monoisotopic (exact) mass is 354 g/mol. The summed E-state index contributed by atoms with van der Waals surface area (Å²) in [6, 6.07) is 16.5. The maximum atomic E-state index is 12.1. The highest BCUT2D eigenvalue weighted by atomic mass is 32.2. The number of rotatable bonds is 6. The molecule has 1 heterocycles. The Morgan fingerprint density at radius 3 is 2.72 bits per heavy atom. The van der Waals surface area contributed by atoms with E-state index in [1.54, 1.807) is 18.2 Å². The van der Waals surface area contributed by atoms with Gasteiger partial charge in [0.1, 0.15) is 11.6 Å². The second-order valence-electron chi connectivity index (χ2n) is 5.49. The smallest absolute Gasteiger partial charge is 0.234 e. The Labute approximate surface area is 149 Å². The van der Waals surface area contributed by atoms with E-state index in [4.69, 9.17) is 0 Å². The van der Waals surface area contributed by atoms with E-state index in [1.807, 2.05) is 41.8 Å². The molecule has 0 aliphatic rings. The molecule has 0 aliphatic carbocycles. The standard InChI is InChI=1S/C18H18N4O2S/c1-13-20-21-18(22(13)11-14-6-3-2-4-7-14)25-12-17(24)19-15-8-5-9-16(23)10-15/h2-10,23H,11-12H2,1H3,(H,19,24). The zero-order chi connectivity index (χ0) is 17.6. The Kier molecular flexibility index (Phi) is 5.35. The van der Waals surface area contributed by atoms with E-state index in [0.717, 1.165) is 11.4 Å². The van der Waals surface area contributed by atoms with Gasteiger partial charge in [-0.3, -0.25) is 4.79 Å². The van der Waals surface area contributed by atoms with Gasteiger partial charge in [0.15, 0.2) is 5.16 Å². The Balaban J connectivity index is 1.62. The van der Waals surface area contributed by atoms with Crippen molar-refractivity contribution in [3.8, 4) is 5.75 Å². The summed E-state index contributed by atoms with van der Waals surface area (Å²) in [7, 11) is 0. The highest BCUT2D eigenvalue weighted by Crippen LogP contribution is 2.20. The molecular formula is C18H18N4O2S. The SMILES string of the molecule is Cc1nnc(SCC(=O)Nc2cccc(O)c2)n1Cc1ccccc1. The number of hydrogen-bond donors (Lipinski definition) is 2. The normalized spacial score (nSPS) is 10.6. The van der Waals surface area contributed by atoms with Crippen molar-refractivity contribution in [2.24, 2.45) is 0 Å². The van der Waals surface area contributed by atoms with Crippen LogP contribution < -0.4 is 5.32 Å². The fourth-order valence-electron chi connectivity index (χ4n) is 2.33. The molecule has 3 aromatic rings. The first kappa shape index (κ1) is 17.0. The van der Waals surface area contributed by atoms with Crippen LogP contribution in [0.5, 0.6) is 5.75 Å². The molecule has 2 N–H and O–H groups in total. The fraction of sp³-hybridized carbons (Fsp3) is 0.167. The quantitative estimate of drug-likeness (QED) is 0.665. The van der Waals surface area contributed by atoms with Gasteiger partial charge in [-0.2, -0.15) is 0 Å². The van der Waals surface area contributed by atoms with E-state index in [1.165, 1.54) is 17.8 Å². The molecule has 2 aromatic carbocycles. The number of thioether (sulfide) groups is 1. The zero-order valence-corrected chi connectivity index (χ0v) is 14.5. The lowest BCUT2D eigenvalue weighted by molar-refractivity contribution is -0.113. The van der Waals surface area contributed by atoms with E-state index < -0.39 is 0 Å². The topological polar surface area (TPSA) is 80.0 Å². The van der Waals surface area contributed by atoms with Crippen LogP contribution >= 0.6 is 11.8 Å². The van der Waals surface area contributed by atoms with Crippen molar-refractivity contribution in [2.75, 3.05) is 11.1 Å². The van der Waals surface area contributed by atoms with Crippen LogP contribution in [0.4, 0.5) is 5.69 Å². The number of aromatic hydroxyl groups is 1. The number of nitrogens with zero attached hydrogens (tertiary/aromatic N) is 3. The van der Waals surface area contributed by atoms with Gasteiger partial charge in [-0.15, -0.1) is 10.2 Å². The first-order valence-electron chi connectivity index (χ1n) is 7.77. The lowest BCUT2D eigenvalue weighted by Crippen LogP contribution is -2.14. The predicted octanol–water partition coefficient (Wildman–Crippen LogP) is 3.07. The molecule has 25 heavy (non-hydrogen) atoms. The van der Waals surface area contributed by atoms with E-state index in [9.17, 15) is 9.90 Å². The lowest BCUT2D eigenvalue weighted by atomic mass is 10.2. The summed E-state index contributed by atoms with van der Waals surface area (Å²) in [4.78, 5) is 12.1. The number of benzene rings is 2. The highest BCUT2D eigenvalue weighted by Gasteiger charge is 2.12. The van der Waals surface area contributed by atoms with Crippen LogP contribution in [-0.2, 0) is 11.3 Å². The van der Waals surface area contributed by atoms with Crippen molar-refractivity contribution in [3.05, 3.63) is 66.0 Å². The molecule has 1 aromatic heterocycles. The Morgan fingerprint density at radius 2 is 1.96 bits per heavy atom. The first-order valence-corrected chi connectivity index (χ1v) is 8.76. The molecule has 0 radical (unpaired) electrons. The Morgan fingerprint density at radius 1 is 1.16 bits per heavy atom. The number of phenolic OH excluding ortho intramolecular Hbond substituents is 1. The third-order valence-electron chi connectivity index (χ3n) is 3.55. The average Bonchev–Trinajstić information content (AvgIpc) is 2.94. The molecule has 0 fully saturated rings. The van der Waals surface area contributed by atoms with Crippen molar-refractivity contribution in [1.29, 1.82) is 0 Å². The van der Waals surface area contributed by atoms with Gasteiger partial charge < -0.3 is 15.0 Å². The summed E-state index contributed by atoms with van der Waals surface area (Å²) in [5.74, 6) is 0.966. The summed E-state index contributed by atoms with van der Waals surface area (Å²) < 4.78 is 1.99. The van der Waals surface area contributed by atoms with Gasteiger partial charge in [0.05, 0.1) is 12.3 Å². The third kappa shape index (κ3) is 4.60. The van der Waals surface area contributed by atoms with Crippen molar-refractivity contribution in [3.63, 3.8) is 0 Å². The minimum Gasteiger partial charge on any atom is -0.508 e. The number of aryl methyl sites for hydroxylation is 1. The van der Waals surface area contributed by atoms with Crippen molar-refractivity contribution in [2.45, 2.75) is 18.6 Å². The summed E-state index contributed by atoms with van der Waals surface area (Å²) in [6.45, 7) is 2.56. The van der Waals surface area contributed by atoms with E-state index in [2.05, 4.69) is 15.5 Å². The van der Waals surface area contributed by atoms with Gasteiger partial charge in [-0.25, -0.2) is 0 Å². The summed E-state index contributed by atoms with van der Waals surface area (Å²) in [6.07, 6.45) is 0. The maximum absolute atomic E-state index is 12.1. The van der Waals surface area contributed by atoms with Crippen molar-refractivity contribution >= 4 is 23.4 Å². The molecule has 0 saturated heterocycles. The molecular weight excluding hydrogens is 336 g/mol. The van der Waals surface area contributed by atoms with Gasteiger partial charge in [0.25, 0.3) is 0 Å². The van der Waals surface area contributed by atoms with Gasteiger partial charge in [-0.1, -0.05) is 48.2 Å². The third-order valence-corrected chi connectivity index (χ3v) is 4.51. The van der Waals surface area contributed by atoms with Gasteiger partial charge >= 0.3 is 0 Å². The van der Waals surface area contributed by atoms with E-state index in [0.29, 0.717) is 17.4 Å². The molecule has 0 unspecified atom stereocenters. The molecule has 0 aliphatic heterocycles. The molecule has 0 bridgehead atoms. The van der Waals surface area contributed by atoms with E-state index >= 15 is 0 Å². The number of carbonyl (C=O) groups excluding carboxylic acids is 1. The minimum atomic E-state index is -0.164. The average molecular weight is 354 g/mol. The molecule has 3 rings (SSSR count). The molecule has 0 spiro atoms. The molecule has 7 heteroatoms. The van der Waals surface area contributed by atoms with Crippen molar-refractivity contribution < 1.29 is 9.90 Å². The second kappa shape index (κ2) is 7.85. The molecule has 6 nitrogen and oxygen atoms in total. The van der Waals surface area contributed by atoms with Crippen molar-refractivity contribution in [1.82, 2.24) is 14.8 Å². The summed E-state index contributed by atoms with van der Waals surface area (Å²) in [5.41, 5.74) is 1.71. The zero-order valence-electron chi connectivity index (χ0n) is 13.7. The largest absolute Gasteiger partial charge is 0.508 e. The number of anilines is 1. The first-order chi connectivity index (χ1) is 12.1. The number of phenols is 1. The fourth-order valence-corrected chi connectivity index (χ4v) is 3.11. The number of aromatic nitrogens is 3. The van der Waals surface area contributed by atoms with E-state index in [-0.39, 0.29) is 17.4 Å². The Hall–Kier alpha value is -2.80. The summed E-state index contributed by atoms with van der Waals surface area (Å²) in [5, 5.41) is 21.2. The molecule has 1 amide bonds. The molecule has 128 valence electrons. The van der Waals surface area contributed by atoms with Crippen LogP contribution in [-0.4, -0.2) is 31.5 Å². The number of hydrogen-bond acceptors (Lipinski definition) is 5. The summed E-state index contributed by atoms with van der Waals surface area (Å²) >= 11 is 1.33. The number of amides is 1. The minimum absolute atomic E-state index is 0.115. The predicted molar refractivity (Wildman–Crippen MR) is 97.8 cm³/mol. The molecule has 0 saturated carbocycles.